The van der Waals surface area contributed by atoms with Crippen molar-refractivity contribution in [2.45, 2.75) is 138 Å². The van der Waals surface area contributed by atoms with Gasteiger partial charge in [-0.1, -0.05) is 60.5 Å². The van der Waals surface area contributed by atoms with E-state index in [0.717, 1.165) is 65.1 Å². The molecule has 0 spiro atoms. The molecule has 0 aromatic rings. The summed E-state index contributed by atoms with van der Waals surface area (Å²) in [5.74, 6) is 11.4. The van der Waals surface area contributed by atoms with Crippen LogP contribution in [0.1, 0.15) is 138 Å². The van der Waals surface area contributed by atoms with Gasteiger partial charge in [-0.05, 0) is 159 Å². The molecule has 0 bridgehead atoms. The van der Waals surface area contributed by atoms with Gasteiger partial charge in [0.05, 0.1) is 0 Å². The summed E-state index contributed by atoms with van der Waals surface area (Å²) < 4.78 is 0. The van der Waals surface area contributed by atoms with E-state index in [0.29, 0.717) is 10.8 Å². The molecule has 0 amide bonds. The van der Waals surface area contributed by atoms with E-state index in [-0.39, 0.29) is 0 Å². The van der Waals surface area contributed by atoms with Gasteiger partial charge in [0.25, 0.3) is 0 Å². The molecule has 0 saturated heterocycles. The largest absolute Gasteiger partial charge is 0.103 e. The molecule has 36 heavy (non-hydrogen) atoms. The summed E-state index contributed by atoms with van der Waals surface area (Å²) in [5, 5.41) is 0. The summed E-state index contributed by atoms with van der Waals surface area (Å²) in [7, 11) is 0. The van der Waals surface area contributed by atoms with Gasteiger partial charge < -0.3 is 0 Å². The third-order valence-corrected chi connectivity index (χ3v) is 13.3. The first-order chi connectivity index (χ1) is 17.1. The van der Waals surface area contributed by atoms with Gasteiger partial charge in [0, 0.05) is 0 Å². The Kier molecular flexibility index (Phi) is 8.13. The molecule has 0 aromatic carbocycles. The van der Waals surface area contributed by atoms with E-state index in [2.05, 4.69) is 54.2 Å². The summed E-state index contributed by atoms with van der Waals surface area (Å²) in [6.07, 6.45) is 25.0. The maximum atomic E-state index is 4.06. The van der Waals surface area contributed by atoms with Crippen LogP contribution in [0.15, 0.2) is 12.7 Å². The van der Waals surface area contributed by atoms with Crippen LogP contribution in [0.3, 0.4) is 0 Å². The van der Waals surface area contributed by atoms with Crippen LogP contribution in [0.4, 0.5) is 0 Å². The lowest BCUT2D eigenvalue weighted by molar-refractivity contribution is 0.0722. The van der Waals surface area contributed by atoms with Gasteiger partial charge in [-0.2, -0.15) is 0 Å². The topological polar surface area (TPSA) is 0 Å². The number of hydrogen-bond donors (Lipinski definition) is 0. The fourth-order valence-electron chi connectivity index (χ4n) is 11.3. The van der Waals surface area contributed by atoms with Crippen molar-refractivity contribution in [2.24, 2.45) is 75.9 Å². The first-order valence-electron chi connectivity index (χ1n) is 16.7. The minimum atomic E-state index is 0.496. The van der Waals surface area contributed by atoms with Crippen molar-refractivity contribution in [2.75, 3.05) is 0 Å². The maximum Gasteiger partial charge on any atom is -0.0349 e. The molecule has 0 N–H and O–H groups in total. The van der Waals surface area contributed by atoms with Crippen LogP contribution in [0, 0.1) is 75.9 Å². The zero-order valence-corrected chi connectivity index (χ0v) is 25.2. The normalized spacial score (nSPS) is 45.1. The van der Waals surface area contributed by atoms with E-state index in [1.165, 1.54) is 38.5 Å². The Bertz CT molecular complexity index is 694. The Balaban J connectivity index is 1.33. The number of allylic oxidation sites excluding steroid dienone is 1. The maximum absolute atomic E-state index is 4.06. The Labute approximate surface area is 226 Å². The molecular formula is C36H62. The molecular weight excluding hydrogens is 432 g/mol. The van der Waals surface area contributed by atoms with E-state index < -0.39 is 0 Å². The third kappa shape index (κ3) is 5.41. The van der Waals surface area contributed by atoms with Crippen molar-refractivity contribution < 1.29 is 0 Å². The summed E-state index contributed by atoms with van der Waals surface area (Å²) in [6.45, 7) is 19.3. The summed E-state index contributed by atoms with van der Waals surface area (Å²) in [4.78, 5) is 0. The van der Waals surface area contributed by atoms with Crippen LogP contribution < -0.4 is 0 Å². The highest BCUT2D eigenvalue weighted by atomic mass is 14.6. The summed E-state index contributed by atoms with van der Waals surface area (Å²) in [5.41, 5.74) is 0.993. The fourth-order valence-corrected chi connectivity index (χ4v) is 11.3. The van der Waals surface area contributed by atoms with Crippen molar-refractivity contribution in [3.05, 3.63) is 12.7 Å². The molecule has 5 aliphatic carbocycles. The lowest BCUT2D eigenvalue weighted by Crippen LogP contribution is -2.33. The van der Waals surface area contributed by atoms with E-state index in [1.807, 2.05) is 0 Å². The van der Waals surface area contributed by atoms with E-state index >= 15 is 0 Å². The highest BCUT2D eigenvalue weighted by Gasteiger charge is 2.55. The molecule has 10 atom stereocenters. The first-order valence-corrected chi connectivity index (χ1v) is 16.7. The molecule has 0 radical (unpaired) electrons. The van der Waals surface area contributed by atoms with E-state index in [4.69, 9.17) is 0 Å². The minimum Gasteiger partial charge on any atom is -0.103 e. The van der Waals surface area contributed by atoms with E-state index in [9.17, 15) is 0 Å². The van der Waals surface area contributed by atoms with Gasteiger partial charge in [0.15, 0.2) is 0 Å². The molecule has 0 nitrogen and oxygen atoms in total. The SMILES string of the molecule is C=CCCC1CC(CCC2C3CC(C(C)(C)C)CCC3C3CCC(C(C)(C)C)CC32)C2CCCCC12. The van der Waals surface area contributed by atoms with Gasteiger partial charge in [-0.25, -0.2) is 0 Å². The molecule has 206 valence electrons. The van der Waals surface area contributed by atoms with Crippen LogP contribution >= 0.6 is 0 Å². The Hall–Kier alpha value is -0.260. The molecule has 5 saturated carbocycles. The van der Waals surface area contributed by atoms with Crippen molar-refractivity contribution in [1.29, 1.82) is 0 Å². The Morgan fingerprint density at radius 1 is 0.556 bits per heavy atom. The third-order valence-electron chi connectivity index (χ3n) is 13.3. The van der Waals surface area contributed by atoms with Gasteiger partial charge >= 0.3 is 0 Å². The predicted molar refractivity (Wildman–Crippen MR) is 157 cm³/mol. The van der Waals surface area contributed by atoms with Gasteiger partial charge in [-0.3, -0.25) is 0 Å². The average molecular weight is 495 g/mol. The number of rotatable bonds is 6. The van der Waals surface area contributed by atoms with Crippen molar-refractivity contribution >= 4 is 0 Å². The highest BCUT2D eigenvalue weighted by molar-refractivity contribution is 5.04. The minimum absolute atomic E-state index is 0.496. The Morgan fingerprint density at radius 3 is 1.53 bits per heavy atom. The van der Waals surface area contributed by atoms with Crippen molar-refractivity contribution in [3.8, 4) is 0 Å². The van der Waals surface area contributed by atoms with Crippen LogP contribution in [0.2, 0.25) is 0 Å². The number of hydrogen-bond acceptors (Lipinski definition) is 0. The van der Waals surface area contributed by atoms with Gasteiger partial charge in [0.2, 0.25) is 0 Å². The second-order valence-electron chi connectivity index (χ2n) is 16.9. The van der Waals surface area contributed by atoms with Crippen LogP contribution in [-0.2, 0) is 0 Å². The molecule has 5 rings (SSSR count). The summed E-state index contributed by atoms with van der Waals surface area (Å²) in [6, 6.07) is 0. The molecule has 5 fully saturated rings. The van der Waals surface area contributed by atoms with Crippen molar-refractivity contribution in [3.63, 3.8) is 0 Å². The van der Waals surface area contributed by atoms with E-state index in [1.54, 1.807) is 57.8 Å². The van der Waals surface area contributed by atoms with Crippen molar-refractivity contribution in [1.82, 2.24) is 0 Å². The quantitative estimate of drug-likeness (QED) is 0.322. The molecule has 0 aliphatic heterocycles. The lowest BCUT2D eigenvalue weighted by atomic mass is 9.62. The average Bonchev–Trinajstić information content (AvgIpc) is 3.34. The second kappa shape index (κ2) is 10.7. The van der Waals surface area contributed by atoms with Gasteiger partial charge in [-0.15, -0.1) is 6.58 Å². The fraction of sp³-hybridized carbons (Fsp3) is 0.944. The molecule has 10 unspecified atom stereocenters. The highest BCUT2D eigenvalue weighted by Crippen LogP contribution is 2.63. The standard InChI is InChI=1S/C36H62/c1-8-9-12-24-21-25(29-14-11-10-13-28(24)29)15-18-32-33-22-26(35(2,3)4)16-19-30(33)31-20-17-27(23-34(31)32)36(5,6)7/h8,24-34H,1,9-23H2,2-7H3. The molecule has 0 aromatic heterocycles. The second-order valence-corrected chi connectivity index (χ2v) is 16.9. The molecule has 0 heteroatoms. The molecule has 0 heterocycles. The Morgan fingerprint density at radius 2 is 1.06 bits per heavy atom. The van der Waals surface area contributed by atoms with Crippen LogP contribution in [0.25, 0.3) is 0 Å². The van der Waals surface area contributed by atoms with Crippen LogP contribution in [0.5, 0.6) is 0 Å². The lowest BCUT2D eigenvalue weighted by Gasteiger charge is -2.43. The zero-order valence-electron chi connectivity index (χ0n) is 25.2. The summed E-state index contributed by atoms with van der Waals surface area (Å²) >= 11 is 0. The smallest absolute Gasteiger partial charge is 0.0349 e. The van der Waals surface area contributed by atoms with Crippen LogP contribution in [-0.4, -0.2) is 0 Å². The first kappa shape index (κ1) is 27.3. The van der Waals surface area contributed by atoms with Gasteiger partial charge in [0.1, 0.15) is 0 Å². The molecule has 5 aliphatic rings. The zero-order chi connectivity index (χ0) is 25.7. The number of fused-ring (bicyclic) bond motifs is 4. The monoisotopic (exact) mass is 494 g/mol. The predicted octanol–water partition coefficient (Wildman–Crippen LogP) is 11.0.